The molecule has 4 rings (SSSR count). The summed E-state index contributed by atoms with van der Waals surface area (Å²) in [6, 6.07) is 12.1. The van der Waals surface area contributed by atoms with Gasteiger partial charge in [-0.3, -0.25) is 4.79 Å². The van der Waals surface area contributed by atoms with Crippen molar-refractivity contribution in [2.75, 3.05) is 26.1 Å². The molecule has 0 bridgehead atoms. The third-order valence-corrected chi connectivity index (χ3v) is 5.23. The van der Waals surface area contributed by atoms with Gasteiger partial charge >= 0.3 is 11.9 Å². The maximum absolute atomic E-state index is 13.7. The summed E-state index contributed by atoms with van der Waals surface area (Å²) in [6.45, 7) is 2.35. The molecule has 1 atom stereocenters. The number of Topliss-reactive ketones (excluding diaryl/α,β-unsaturated/α-hetero) is 1. The van der Waals surface area contributed by atoms with Crippen molar-refractivity contribution in [3.8, 4) is 5.75 Å². The van der Waals surface area contributed by atoms with E-state index < -0.39 is 23.8 Å². The number of benzene rings is 2. The molecule has 1 aromatic heterocycles. The summed E-state index contributed by atoms with van der Waals surface area (Å²) in [5.74, 6) is -0.915. The van der Waals surface area contributed by atoms with Gasteiger partial charge in [0.15, 0.2) is 5.78 Å². The number of aromatic nitrogens is 4. The molecule has 0 saturated carbocycles. The number of rotatable bonds is 7. The summed E-state index contributed by atoms with van der Waals surface area (Å²) in [5.41, 5.74) is 1.23. The first-order chi connectivity index (χ1) is 16.5. The largest absolute Gasteiger partial charge is 0.494 e. The lowest BCUT2D eigenvalue weighted by molar-refractivity contribution is -0.136. The Balaban J connectivity index is 1.85. The van der Waals surface area contributed by atoms with Gasteiger partial charge in [0, 0.05) is 5.56 Å². The maximum atomic E-state index is 13.7. The van der Waals surface area contributed by atoms with E-state index in [0.717, 1.165) is 0 Å². The first kappa shape index (κ1) is 22.6. The van der Waals surface area contributed by atoms with E-state index in [0.29, 0.717) is 29.0 Å². The molecule has 2 heterocycles. The lowest BCUT2D eigenvalue weighted by atomic mass is 9.89. The first-order valence-corrected chi connectivity index (χ1v) is 10.3. The van der Waals surface area contributed by atoms with Crippen LogP contribution in [-0.2, 0) is 14.3 Å². The van der Waals surface area contributed by atoms with Crippen molar-refractivity contribution in [3.05, 3.63) is 76.5 Å². The van der Waals surface area contributed by atoms with Crippen molar-refractivity contribution in [3.63, 3.8) is 0 Å². The zero-order valence-electron chi connectivity index (χ0n) is 18.6. The summed E-state index contributed by atoms with van der Waals surface area (Å²) in [6.07, 6.45) is 0. The minimum Gasteiger partial charge on any atom is -0.494 e. The Morgan fingerprint density at radius 3 is 2.21 bits per heavy atom. The number of nitrogens with zero attached hydrogens (tertiary/aromatic N) is 4. The molecule has 174 valence electrons. The second kappa shape index (κ2) is 9.53. The van der Waals surface area contributed by atoms with E-state index in [-0.39, 0.29) is 17.2 Å². The Kier molecular flexibility index (Phi) is 6.35. The number of carbonyl (C=O) groups excluding carboxylic acids is 3. The maximum Gasteiger partial charge on any atom is 0.355 e. The van der Waals surface area contributed by atoms with E-state index in [9.17, 15) is 14.4 Å². The van der Waals surface area contributed by atoms with Gasteiger partial charge in [-0.15, -0.1) is 0 Å². The van der Waals surface area contributed by atoms with Crippen LogP contribution in [0.4, 0.5) is 5.95 Å². The molecule has 0 amide bonds. The molecule has 2 aromatic carbocycles. The van der Waals surface area contributed by atoms with Crippen LogP contribution in [0.1, 0.15) is 39.2 Å². The zero-order valence-corrected chi connectivity index (χ0v) is 18.6. The fraction of sp³-hybridized carbons (Fsp3) is 0.217. The first-order valence-electron chi connectivity index (χ1n) is 10.3. The van der Waals surface area contributed by atoms with Crippen molar-refractivity contribution in [2.24, 2.45) is 0 Å². The van der Waals surface area contributed by atoms with Gasteiger partial charge in [0.25, 0.3) is 0 Å². The van der Waals surface area contributed by atoms with Crippen LogP contribution in [0, 0.1) is 0 Å². The van der Waals surface area contributed by atoms with Crippen molar-refractivity contribution < 1.29 is 28.6 Å². The number of ether oxygens (including phenoxy) is 3. The number of allylic oxidation sites excluding steroid dienone is 1. The van der Waals surface area contributed by atoms with Crippen molar-refractivity contribution in [1.29, 1.82) is 0 Å². The minimum atomic E-state index is -0.869. The second-order valence-corrected chi connectivity index (χ2v) is 7.15. The number of hydrogen-bond acceptors (Lipinski definition) is 10. The molecular weight excluding hydrogens is 442 g/mol. The van der Waals surface area contributed by atoms with E-state index >= 15 is 0 Å². The van der Waals surface area contributed by atoms with Crippen LogP contribution in [0.5, 0.6) is 5.75 Å². The molecule has 11 nitrogen and oxygen atoms in total. The fourth-order valence-corrected chi connectivity index (χ4v) is 3.64. The van der Waals surface area contributed by atoms with Crippen LogP contribution in [0.2, 0.25) is 0 Å². The van der Waals surface area contributed by atoms with E-state index in [2.05, 4.69) is 20.8 Å². The molecule has 34 heavy (non-hydrogen) atoms. The molecule has 11 heteroatoms. The molecule has 0 aliphatic carbocycles. The van der Waals surface area contributed by atoms with Crippen LogP contribution in [0.15, 0.2) is 59.8 Å². The average Bonchev–Trinajstić information content (AvgIpc) is 3.35. The van der Waals surface area contributed by atoms with Crippen molar-refractivity contribution in [2.45, 2.75) is 13.0 Å². The third kappa shape index (κ3) is 4.10. The van der Waals surface area contributed by atoms with E-state index in [1.165, 1.54) is 18.9 Å². The van der Waals surface area contributed by atoms with Gasteiger partial charge in [0.2, 0.25) is 5.95 Å². The number of nitrogens with one attached hydrogen (secondary N) is 1. The number of ketones is 1. The fourth-order valence-electron chi connectivity index (χ4n) is 3.64. The summed E-state index contributed by atoms with van der Waals surface area (Å²) in [4.78, 5) is 38.3. The average molecular weight is 463 g/mol. The highest BCUT2D eigenvalue weighted by Gasteiger charge is 2.38. The molecular formula is C23H21N5O6. The highest BCUT2D eigenvalue weighted by Crippen LogP contribution is 2.37. The van der Waals surface area contributed by atoms with Crippen LogP contribution in [0.3, 0.4) is 0 Å². The number of hydrogen-bond donors (Lipinski definition) is 1. The monoisotopic (exact) mass is 463 g/mol. The van der Waals surface area contributed by atoms with Crippen LogP contribution in [0.25, 0.3) is 0 Å². The van der Waals surface area contributed by atoms with Gasteiger partial charge < -0.3 is 19.5 Å². The normalized spacial score (nSPS) is 14.6. The van der Waals surface area contributed by atoms with Crippen molar-refractivity contribution in [1.82, 2.24) is 20.2 Å². The number of carbonyl (C=O) groups is 3. The number of methoxy groups -OCH3 is 2. The Morgan fingerprint density at radius 1 is 0.941 bits per heavy atom. The van der Waals surface area contributed by atoms with Gasteiger partial charge in [-0.1, -0.05) is 17.2 Å². The van der Waals surface area contributed by atoms with Crippen molar-refractivity contribution >= 4 is 23.7 Å². The van der Waals surface area contributed by atoms with E-state index in [1.54, 1.807) is 48.5 Å². The summed E-state index contributed by atoms with van der Waals surface area (Å²) < 4.78 is 16.5. The molecule has 3 aromatic rings. The standard InChI is InChI=1S/C23H21N5O6/c1-4-34-16-11-9-14(10-12-16)20(29)17-18(22(31)33-3)24-23-25-26-27-28(23)19(17)13-5-7-15(8-6-13)21(30)32-2/h5-12,19H,4H2,1-3H3,(H,24,25,27)/t19-/m1/s1. The van der Waals surface area contributed by atoms with Gasteiger partial charge in [0.1, 0.15) is 17.5 Å². The molecule has 0 saturated heterocycles. The van der Waals surface area contributed by atoms with Gasteiger partial charge in [-0.2, -0.15) is 4.68 Å². The molecule has 1 N–H and O–H groups in total. The third-order valence-electron chi connectivity index (χ3n) is 5.23. The Morgan fingerprint density at radius 2 is 1.59 bits per heavy atom. The Labute approximate surface area is 194 Å². The molecule has 1 aliphatic heterocycles. The summed E-state index contributed by atoms with van der Waals surface area (Å²) >= 11 is 0. The lowest BCUT2D eigenvalue weighted by Gasteiger charge is -2.28. The molecule has 0 spiro atoms. The van der Waals surface area contributed by atoms with Crippen LogP contribution in [-0.4, -0.2) is 58.8 Å². The minimum absolute atomic E-state index is 0.0780. The quantitative estimate of drug-likeness (QED) is 0.410. The van der Waals surface area contributed by atoms with Gasteiger partial charge in [-0.25, -0.2) is 9.59 Å². The number of esters is 2. The second-order valence-electron chi connectivity index (χ2n) is 7.15. The highest BCUT2D eigenvalue weighted by atomic mass is 16.5. The number of anilines is 1. The van der Waals surface area contributed by atoms with Crippen LogP contribution >= 0.6 is 0 Å². The Bertz CT molecular complexity index is 1260. The van der Waals surface area contributed by atoms with Gasteiger partial charge in [0.05, 0.1) is 32.0 Å². The molecule has 0 unspecified atom stereocenters. The van der Waals surface area contributed by atoms with E-state index in [4.69, 9.17) is 14.2 Å². The van der Waals surface area contributed by atoms with Gasteiger partial charge in [-0.05, 0) is 59.3 Å². The summed E-state index contributed by atoms with van der Waals surface area (Å²) in [7, 11) is 2.50. The lowest BCUT2D eigenvalue weighted by Crippen LogP contribution is -2.33. The highest BCUT2D eigenvalue weighted by molar-refractivity contribution is 6.15. The predicted molar refractivity (Wildman–Crippen MR) is 118 cm³/mol. The number of tetrazole rings is 1. The molecule has 0 radical (unpaired) electrons. The number of fused-ring (bicyclic) bond motifs is 1. The molecule has 0 fully saturated rings. The van der Waals surface area contributed by atoms with E-state index in [1.807, 2.05) is 6.92 Å². The Hall–Kier alpha value is -4.54. The smallest absolute Gasteiger partial charge is 0.355 e. The molecule has 1 aliphatic rings. The SMILES string of the molecule is CCOc1ccc(C(=O)C2=C(C(=O)OC)Nc3nnnn3[C@@H]2c2ccc(C(=O)OC)cc2)cc1. The zero-order chi connectivity index (χ0) is 24.2. The van der Waals surface area contributed by atoms with Crippen LogP contribution < -0.4 is 10.1 Å². The summed E-state index contributed by atoms with van der Waals surface area (Å²) in [5, 5.41) is 14.4. The topological polar surface area (TPSA) is 135 Å². The predicted octanol–water partition coefficient (Wildman–Crippen LogP) is 2.18.